The molecule has 1 unspecified atom stereocenters. The normalized spacial score (nSPS) is 33.4. The van der Waals surface area contributed by atoms with Crippen LogP contribution in [0.15, 0.2) is 52.9 Å². The number of nitrogens with zero attached hydrogens (tertiary/aromatic N) is 2. The lowest BCUT2D eigenvalue weighted by atomic mass is 9.68. The van der Waals surface area contributed by atoms with E-state index in [9.17, 15) is 9.00 Å². The molecule has 2 heterocycles. The van der Waals surface area contributed by atoms with Gasteiger partial charge in [0, 0.05) is 52.5 Å². The van der Waals surface area contributed by atoms with Crippen LogP contribution in [0.4, 0.5) is 5.69 Å². The summed E-state index contributed by atoms with van der Waals surface area (Å²) >= 11 is 6.40. The number of aryl methyl sites for hydroxylation is 1. The third-order valence-corrected chi connectivity index (χ3v) is 11.0. The van der Waals surface area contributed by atoms with Crippen LogP contribution in [0.2, 0.25) is 5.02 Å². The molecule has 0 saturated heterocycles. The first-order valence-corrected chi connectivity index (χ1v) is 16.3. The number of carbonyl (C=O) groups excluding carboxylic acids is 1. The van der Waals surface area contributed by atoms with Crippen molar-refractivity contribution in [2.75, 3.05) is 37.5 Å². The van der Waals surface area contributed by atoms with Crippen LogP contribution in [0.3, 0.4) is 0 Å². The maximum absolute atomic E-state index is 13.1. The van der Waals surface area contributed by atoms with Gasteiger partial charge in [0.25, 0.3) is 5.91 Å². The Kier molecular flexibility index (Phi) is 7.99. The first-order valence-electron chi connectivity index (χ1n) is 14.6. The Morgan fingerprint density at radius 3 is 2.88 bits per heavy atom. The van der Waals surface area contributed by atoms with Crippen LogP contribution in [0.1, 0.15) is 60.5 Å². The number of thiol groups is 1. The molecule has 2 aromatic rings. The Labute approximate surface area is 244 Å². The Bertz CT molecular complexity index is 1400. The van der Waals surface area contributed by atoms with E-state index in [2.05, 4.69) is 40.5 Å². The summed E-state index contributed by atoms with van der Waals surface area (Å²) in [5.41, 5.74) is 3.84. The lowest BCUT2D eigenvalue weighted by molar-refractivity contribution is 0.0131. The van der Waals surface area contributed by atoms with Crippen LogP contribution < -0.4 is 9.64 Å². The predicted octanol–water partition coefficient (Wildman–Crippen LogP) is 6.26. The van der Waals surface area contributed by atoms with E-state index in [-0.39, 0.29) is 17.4 Å². The smallest absolute Gasteiger partial charge is 0.284 e. The van der Waals surface area contributed by atoms with Crippen LogP contribution >= 0.6 is 11.6 Å². The quantitative estimate of drug-likeness (QED) is 0.318. The highest BCUT2D eigenvalue weighted by atomic mass is 35.5. The van der Waals surface area contributed by atoms with Crippen LogP contribution in [0.25, 0.3) is 0 Å². The van der Waals surface area contributed by atoms with Gasteiger partial charge in [0.1, 0.15) is 5.75 Å². The summed E-state index contributed by atoms with van der Waals surface area (Å²) in [6.07, 6.45) is 10.6. The van der Waals surface area contributed by atoms with E-state index < -0.39 is 16.5 Å². The first kappa shape index (κ1) is 27.8. The third kappa shape index (κ3) is 5.45. The van der Waals surface area contributed by atoms with Crippen molar-refractivity contribution in [2.45, 2.75) is 57.0 Å². The van der Waals surface area contributed by atoms with E-state index in [1.807, 2.05) is 18.2 Å². The molecule has 2 aliphatic heterocycles. The van der Waals surface area contributed by atoms with Gasteiger partial charge in [0.15, 0.2) is 0 Å². The summed E-state index contributed by atoms with van der Waals surface area (Å²) in [4.78, 5) is 15.6. The van der Waals surface area contributed by atoms with Crippen molar-refractivity contribution in [3.63, 3.8) is 0 Å². The minimum Gasteiger partial charge on any atom is -0.490 e. The number of amides is 1. The van der Waals surface area contributed by atoms with Crippen molar-refractivity contribution >= 4 is 33.8 Å². The average Bonchev–Trinajstić information content (AvgIpc) is 3.06. The zero-order valence-electron chi connectivity index (χ0n) is 23.4. The maximum Gasteiger partial charge on any atom is 0.284 e. The lowest BCUT2D eigenvalue weighted by Crippen LogP contribution is -2.49. The van der Waals surface area contributed by atoms with Gasteiger partial charge in [-0.2, -0.15) is 4.36 Å². The monoisotopic (exact) mass is 582 g/mol. The molecule has 1 saturated carbocycles. The zero-order valence-corrected chi connectivity index (χ0v) is 25.0. The second-order valence-corrected chi connectivity index (χ2v) is 13.9. The van der Waals surface area contributed by atoms with E-state index in [4.69, 9.17) is 21.1 Å². The van der Waals surface area contributed by atoms with Crippen LogP contribution in [-0.4, -0.2) is 48.8 Å². The minimum absolute atomic E-state index is 0.0550. The van der Waals surface area contributed by atoms with Gasteiger partial charge in [-0.1, -0.05) is 36.7 Å². The SMILES string of the molecule is CO[C@H]1/C=C/C[C@H](C)C/[SH](=O)=N\C(=O)c2ccc3c(c2)N(C[C@@H]2CC[C@H]21)C[C@@]1(CCCc2cc(Cl)ccc21)CO3. The second kappa shape index (κ2) is 11.5. The molecule has 0 aromatic heterocycles. The average molecular weight is 583 g/mol. The molecule has 0 N–H and O–H groups in total. The lowest BCUT2D eigenvalue weighted by Gasteiger charge is -2.46. The number of carbonyl (C=O) groups is 1. The number of halogens is 1. The summed E-state index contributed by atoms with van der Waals surface area (Å²) in [5, 5.41) is 0.772. The van der Waals surface area contributed by atoms with E-state index >= 15 is 0 Å². The molecule has 1 spiro atoms. The van der Waals surface area contributed by atoms with Crippen molar-refractivity contribution < 1.29 is 18.5 Å². The fourth-order valence-corrected chi connectivity index (χ4v) is 8.44. The molecule has 2 bridgehead atoms. The van der Waals surface area contributed by atoms with Crippen molar-refractivity contribution in [2.24, 2.45) is 22.1 Å². The molecule has 1 fully saturated rings. The molecule has 0 radical (unpaired) electrons. The molecule has 2 aromatic carbocycles. The Hall–Kier alpha value is -2.35. The van der Waals surface area contributed by atoms with Crippen LogP contribution in [0, 0.1) is 17.8 Å². The number of anilines is 1. The molecule has 2 aliphatic carbocycles. The molecule has 1 amide bonds. The van der Waals surface area contributed by atoms with Gasteiger partial charge in [-0.3, -0.25) is 9.00 Å². The fourth-order valence-electron chi connectivity index (χ4n) is 7.17. The molecular formula is C32H39ClN2O4S. The molecule has 6 nitrogen and oxygen atoms in total. The number of rotatable bonds is 1. The molecule has 40 heavy (non-hydrogen) atoms. The summed E-state index contributed by atoms with van der Waals surface area (Å²) < 4.78 is 29.4. The number of ether oxygens (including phenoxy) is 2. The molecule has 4 aliphatic rings. The molecular weight excluding hydrogens is 544 g/mol. The predicted molar refractivity (Wildman–Crippen MR) is 161 cm³/mol. The highest BCUT2D eigenvalue weighted by Gasteiger charge is 2.44. The third-order valence-electron chi connectivity index (χ3n) is 9.44. The molecule has 6 atom stereocenters. The number of hydrogen-bond acceptors (Lipinski definition) is 5. The van der Waals surface area contributed by atoms with Gasteiger partial charge in [-0.15, -0.1) is 0 Å². The van der Waals surface area contributed by atoms with Gasteiger partial charge in [0.05, 0.1) is 18.4 Å². The zero-order chi connectivity index (χ0) is 27.9. The van der Waals surface area contributed by atoms with Gasteiger partial charge in [-0.25, -0.2) is 0 Å². The maximum atomic E-state index is 13.1. The van der Waals surface area contributed by atoms with Crippen molar-refractivity contribution in [1.82, 2.24) is 0 Å². The molecule has 214 valence electrons. The first-order chi connectivity index (χ1) is 19.3. The van der Waals surface area contributed by atoms with Gasteiger partial charge < -0.3 is 14.4 Å². The van der Waals surface area contributed by atoms with Crippen LogP contribution in [-0.2, 0) is 27.2 Å². The Morgan fingerprint density at radius 1 is 1.20 bits per heavy atom. The summed E-state index contributed by atoms with van der Waals surface area (Å²) in [6, 6.07) is 11.9. The molecule has 6 rings (SSSR count). The van der Waals surface area contributed by atoms with Crippen molar-refractivity contribution in [3.8, 4) is 5.75 Å². The minimum atomic E-state index is -1.98. The van der Waals surface area contributed by atoms with E-state index in [1.54, 1.807) is 13.2 Å². The number of fused-ring (bicyclic) bond motifs is 4. The van der Waals surface area contributed by atoms with Gasteiger partial charge in [-0.05, 0) is 97.7 Å². The van der Waals surface area contributed by atoms with Crippen molar-refractivity contribution in [3.05, 3.63) is 70.3 Å². The Balaban J connectivity index is 1.43. The topological polar surface area (TPSA) is 68.2 Å². The largest absolute Gasteiger partial charge is 0.490 e. The summed E-state index contributed by atoms with van der Waals surface area (Å²) in [5.74, 6) is 1.82. The second-order valence-electron chi connectivity index (χ2n) is 12.2. The van der Waals surface area contributed by atoms with Crippen molar-refractivity contribution in [1.29, 1.82) is 0 Å². The van der Waals surface area contributed by atoms with Crippen LogP contribution in [0.5, 0.6) is 5.75 Å². The fraction of sp³-hybridized carbons (Fsp3) is 0.531. The summed E-state index contributed by atoms with van der Waals surface area (Å²) in [6.45, 7) is 4.29. The van der Waals surface area contributed by atoms with Gasteiger partial charge in [0.2, 0.25) is 0 Å². The van der Waals surface area contributed by atoms with E-state index in [1.165, 1.54) is 11.1 Å². The number of hydrogen-bond donors (Lipinski definition) is 1. The number of benzene rings is 2. The number of allylic oxidation sites excluding steroid dienone is 1. The standard InChI is InChI=1S/C32H39ClN2O4S/c1-21-5-3-7-29(38-2)26-11-8-24(26)17-35-19-32(14-4-6-22-15-25(33)10-12-27(22)32)20-39-30-13-9-23(16-28(30)35)31(36)34-40(37)18-21/h3,7,9-10,12-13,15-16,21,24,26,29,40H,4-6,8,11,14,17-20H2,1-2H3/b7-3+/t21-,24-,26+,29-,32-/m0/s1. The Morgan fingerprint density at radius 2 is 2.08 bits per heavy atom. The van der Waals surface area contributed by atoms with E-state index in [0.29, 0.717) is 29.8 Å². The van der Waals surface area contributed by atoms with Gasteiger partial charge >= 0.3 is 0 Å². The highest BCUT2D eigenvalue weighted by molar-refractivity contribution is 7.75. The van der Waals surface area contributed by atoms with E-state index in [0.717, 1.165) is 68.1 Å². The highest BCUT2D eigenvalue weighted by Crippen LogP contribution is 2.47. The summed E-state index contributed by atoms with van der Waals surface area (Å²) in [7, 11) is -0.183. The molecule has 8 heteroatoms. The number of methoxy groups -OCH3 is 1.